The first-order valence-electron chi connectivity index (χ1n) is 5.81. The second kappa shape index (κ2) is 5.29. The molecule has 3 N–H and O–H groups in total. The number of aromatic nitrogens is 2. The number of nitrogens with one attached hydrogen (secondary N) is 1. The van der Waals surface area contributed by atoms with E-state index in [1.54, 1.807) is 16.8 Å². The highest BCUT2D eigenvalue weighted by Gasteiger charge is 2.14. The fourth-order valence-electron chi connectivity index (χ4n) is 1.95. The van der Waals surface area contributed by atoms with Crippen molar-refractivity contribution in [3.63, 3.8) is 0 Å². The van der Waals surface area contributed by atoms with Crippen molar-refractivity contribution in [3.05, 3.63) is 53.1 Å². The molecule has 4 nitrogen and oxygen atoms in total. The zero-order chi connectivity index (χ0) is 13.1. The molecule has 0 aliphatic rings. The molecule has 0 saturated carbocycles. The van der Waals surface area contributed by atoms with Gasteiger partial charge in [-0.2, -0.15) is 5.10 Å². The number of nitrogens with two attached hydrogens (primary N) is 1. The first-order valence-corrected chi connectivity index (χ1v) is 5.81. The van der Waals surface area contributed by atoms with Crippen molar-refractivity contribution in [2.45, 2.75) is 19.4 Å². The number of nitrogens with zero attached hydrogens (tertiary/aromatic N) is 2. The summed E-state index contributed by atoms with van der Waals surface area (Å²) in [6, 6.07) is 6.56. The molecule has 0 bridgehead atoms. The number of hydrogen-bond acceptors (Lipinski definition) is 3. The molecule has 1 aromatic carbocycles. The number of hydrogen-bond donors (Lipinski definition) is 2. The lowest BCUT2D eigenvalue weighted by Gasteiger charge is -2.15. The van der Waals surface area contributed by atoms with Crippen LogP contribution < -0.4 is 11.3 Å². The Morgan fingerprint density at radius 3 is 2.83 bits per heavy atom. The van der Waals surface area contributed by atoms with Crippen LogP contribution in [0.4, 0.5) is 4.39 Å². The molecule has 0 spiro atoms. The summed E-state index contributed by atoms with van der Waals surface area (Å²) in [6.45, 7) is 1.96. The molecule has 0 aliphatic heterocycles. The van der Waals surface area contributed by atoms with Gasteiger partial charge in [0.1, 0.15) is 5.82 Å². The van der Waals surface area contributed by atoms with E-state index < -0.39 is 0 Å². The normalized spacial score (nSPS) is 12.7. The predicted molar refractivity (Wildman–Crippen MR) is 68.1 cm³/mol. The largest absolute Gasteiger partial charge is 0.275 e. The number of rotatable bonds is 4. The third-order valence-electron chi connectivity index (χ3n) is 3.03. The number of hydrazine groups is 1. The van der Waals surface area contributed by atoms with Crippen LogP contribution in [0, 0.1) is 12.7 Å². The van der Waals surface area contributed by atoms with Gasteiger partial charge in [0.2, 0.25) is 0 Å². The Kier molecular flexibility index (Phi) is 3.74. The van der Waals surface area contributed by atoms with Crippen LogP contribution >= 0.6 is 0 Å². The second-order valence-electron chi connectivity index (χ2n) is 4.41. The molecule has 1 unspecified atom stereocenters. The maximum atomic E-state index is 13.2. The third kappa shape index (κ3) is 2.75. The Labute approximate surface area is 106 Å². The van der Waals surface area contributed by atoms with Crippen molar-refractivity contribution in [1.82, 2.24) is 15.2 Å². The van der Waals surface area contributed by atoms with Crippen LogP contribution in [0.1, 0.15) is 22.9 Å². The zero-order valence-corrected chi connectivity index (χ0v) is 10.5. The Balaban J connectivity index is 2.22. The molecule has 1 aromatic heterocycles. The minimum atomic E-state index is -0.229. The van der Waals surface area contributed by atoms with Crippen molar-refractivity contribution in [2.24, 2.45) is 12.9 Å². The summed E-state index contributed by atoms with van der Waals surface area (Å²) in [5.41, 5.74) is 5.56. The molecule has 2 rings (SSSR count). The van der Waals surface area contributed by atoms with E-state index in [4.69, 9.17) is 5.84 Å². The highest BCUT2D eigenvalue weighted by molar-refractivity contribution is 5.28. The highest BCUT2D eigenvalue weighted by Crippen LogP contribution is 2.19. The van der Waals surface area contributed by atoms with Crippen LogP contribution in [-0.2, 0) is 13.5 Å². The van der Waals surface area contributed by atoms with Gasteiger partial charge in [-0.1, -0.05) is 6.07 Å². The molecule has 1 atom stereocenters. The molecule has 0 radical (unpaired) electrons. The van der Waals surface area contributed by atoms with Gasteiger partial charge in [0.05, 0.1) is 11.7 Å². The Morgan fingerprint density at radius 1 is 1.44 bits per heavy atom. The van der Waals surface area contributed by atoms with Gasteiger partial charge in [-0.05, 0) is 42.7 Å². The maximum absolute atomic E-state index is 13.2. The summed E-state index contributed by atoms with van der Waals surface area (Å²) in [4.78, 5) is 0. The molecule has 0 saturated heterocycles. The van der Waals surface area contributed by atoms with Crippen LogP contribution in [0.25, 0.3) is 0 Å². The lowest BCUT2D eigenvalue weighted by Crippen LogP contribution is -2.30. The molecule has 1 heterocycles. The fraction of sp³-hybridized carbons (Fsp3) is 0.308. The molecule has 96 valence electrons. The van der Waals surface area contributed by atoms with E-state index in [-0.39, 0.29) is 11.9 Å². The van der Waals surface area contributed by atoms with Gasteiger partial charge in [-0.3, -0.25) is 16.0 Å². The average molecular weight is 248 g/mol. The quantitative estimate of drug-likeness (QED) is 0.638. The van der Waals surface area contributed by atoms with Crippen molar-refractivity contribution in [1.29, 1.82) is 0 Å². The lowest BCUT2D eigenvalue weighted by molar-refractivity contribution is 0.526. The molecule has 18 heavy (non-hydrogen) atoms. The van der Waals surface area contributed by atoms with Gasteiger partial charge in [-0.15, -0.1) is 0 Å². The van der Waals surface area contributed by atoms with Crippen molar-refractivity contribution in [3.8, 4) is 0 Å². The smallest absolute Gasteiger partial charge is 0.123 e. The third-order valence-corrected chi connectivity index (χ3v) is 3.03. The van der Waals surface area contributed by atoms with Gasteiger partial charge in [-0.25, -0.2) is 4.39 Å². The van der Waals surface area contributed by atoms with E-state index >= 15 is 0 Å². The maximum Gasteiger partial charge on any atom is 0.123 e. The molecule has 0 aliphatic carbocycles. The van der Waals surface area contributed by atoms with Crippen LogP contribution in [0.5, 0.6) is 0 Å². The topological polar surface area (TPSA) is 55.9 Å². The van der Waals surface area contributed by atoms with Crippen molar-refractivity contribution in [2.75, 3.05) is 0 Å². The SMILES string of the molecule is Cc1ccc(F)cc1CC(NN)c1ccn(C)n1. The van der Waals surface area contributed by atoms with Gasteiger partial charge in [0.25, 0.3) is 0 Å². The summed E-state index contributed by atoms with van der Waals surface area (Å²) >= 11 is 0. The summed E-state index contributed by atoms with van der Waals surface area (Å²) in [5.74, 6) is 5.33. The van der Waals surface area contributed by atoms with Gasteiger partial charge >= 0.3 is 0 Å². The Morgan fingerprint density at radius 2 is 2.22 bits per heavy atom. The molecule has 5 heteroatoms. The van der Waals surface area contributed by atoms with E-state index in [0.717, 1.165) is 16.8 Å². The van der Waals surface area contributed by atoms with E-state index in [0.29, 0.717) is 6.42 Å². The average Bonchev–Trinajstić information content (AvgIpc) is 2.77. The lowest BCUT2D eigenvalue weighted by atomic mass is 9.99. The summed E-state index contributed by atoms with van der Waals surface area (Å²) in [5, 5.41) is 4.31. The standard InChI is InChI=1S/C13H17FN4/c1-9-3-4-11(14)7-10(9)8-13(16-15)12-5-6-18(2)17-12/h3-7,13,16H,8,15H2,1-2H3. The van der Waals surface area contributed by atoms with E-state index in [9.17, 15) is 4.39 Å². The highest BCUT2D eigenvalue weighted by atomic mass is 19.1. The summed E-state index contributed by atoms with van der Waals surface area (Å²) in [6.07, 6.45) is 2.47. The molecule has 0 fully saturated rings. The molecule has 2 aromatic rings. The Hall–Kier alpha value is -1.72. The van der Waals surface area contributed by atoms with Crippen molar-refractivity contribution < 1.29 is 4.39 Å². The fourth-order valence-corrected chi connectivity index (χ4v) is 1.95. The van der Waals surface area contributed by atoms with Gasteiger partial charge < -0.3 is 0 Å². The summed E-state index contributed by atoms with van der Waals surface area (Å²) < 4.78 is 15.0. The number of aryl methyl sites for hydroxylation is 2. The zero-order valence-electron chi connectivity index (χ0n) is 10.5. The first kappa shape index (κ1) is 12.7. The van der Waals surface area contributed by atoms with Crippen LogP contribution in [0.3, 0.4) is 0 Å². The molecule has 0 amide bonds. The van der Waals surface area contributed by atoms with Crippen LogP contribution in [-0.4, -0.2) is 9.78 Å². The second-order valence-corrected chi connectivity index (χ2v) is 4.41. The van der Waals surface area contributed by atoms with Gasteiger partial charge in [0, 0.05) is 13.2 Å². The minimum Gasteiger partial charge on any atom is -0.275 e. The number of halogens is 1. The first-order chi connectivity index (χ1) is 8.60. The Bertz CT molecular complexity index is 536. The van der Waals surface area contributed by atoms with Crippen LogP contribution in [0.15, 0.2) is 30.5 Å². The van der Waals surface area contributed by atoms with E-state index in [1.165, 1.54) is 6.07 Å². The minimum absolute atomic E-state index is 0.119. The predicted octanol–water partition coefficient (Wildman–Crippen LogP) is 1.61. The van der Waals surface area contributed by atoms with Crippen LogP contribution in [0.2, 0.25) is 0 Å². The molecular weight excluding hydrogens is 231 g/mol. The number of benzene rings is 1. The molecular formula is C13H17FN4. The van der Waals surface area contributed by atoms with Gasteiger partial charge in [0.15, 0.2) is 0 Å². The van der Waals surface area contributed by atoms with E-state index in [1.807, 2.05) is 26.2 Å². The van der Waals surface area contributed by atoms with E-state index in [2.05, 4.69) is 10.5 Å². The van der Waals surface area contributed by atoms with Crippen molar-refractivity contribution >= 4 is 0 Å². The summed E-state index contributed by atoms with van der Waals surface area (Å²) in [7, 11) is 1.85. The monoisotopic (exact) mass is 248 g/mol.